The van der Waals surface area contributed by atoms with Crippen LogP contribution < -0.4 is 5.32 Å². The lowest BCUT2D eigenvalue weighted by Gasteiger charge is -2.15. The first kappa shape index (κ1) is 12.3. The molecule has 0 bridgehead atoms. The standard InChI is InChI=1S/C9H9Cl2F2NO/c1-4(9(12)13)14-5-2-6(10)8(15)7(11)3-5/h2-4,9,14-15H,1H3. The summed E-state index contributed by atoms with van der Waals surface area (Å²) in [6, 6.07) is 1.66. The molecule has 0 aliphatic carbocycles. The summed E-state index contributed by atoms with van der Waals surface area (Å²) in [7, 11) is 0. The third kappa shape index (κ3) is 3.11. The third-order valence-electron chi connectivity index (χ3n) is 1.79. The van der Waals surface area contributed by atoms with E-state index in [4.69, 9.17) is 23.2 Å². The number of aromatic hydroxyl groups is 1. The molecule has 1 atom stereocenters. The van der Waals surface area contributed by atoms with E-state index in [9.17, 15) is 13.9 Å². The Hall–Kier alpha value is -0.740. The van der Waals surface area contributed by atoms with Crippen LogP contribution >= 0.6 is 23.2 Å². The van der Waals surface area contributed by atoms with Crippen molar-refractivity contribution >= 4 is 28.9 Å². The van der Waals surface area contributed by atoms with Gasteiger partial charge in [-0.1, -0.05) is 23.2 Å². The van der Waals surface area contributed by atoms with Gasteiger partial charge in [-0.3, -0.25) is 0 Å². The molecule has 0 fully saturated rings. The Balaban J connectivity index is 2.88. The van der Waals surface area contributed by atoms with E-state index in [1.54, 1.807) is 0 Å². The highest BCUT2D eigenvalue weighted by atomic mass is 35.5. The van der Waals surface area contributed by atoms with Gasteiger partial charge < -0.3 is 10.4 Å². The van der Waals surface area contributed by atoms with Crippen LogP contribution in [0.15, 0.2) is 12.1 Å². The van der Waals surface area contributed by atoms with Crippen LogP contribution in [0, 0.1) is 0 Å². The Morgan fingerprint density at radius 1 is 1.27 bits per heavy atom. The fraction of sp³-hybridized carbons (Fsp3) is 0.333. The van der Waals surface area contributed by atoms with Crippen molar-refractivity contribution in [2.75, 3.05) is 5.32 Å². The van der Waals surface area contributed by atoms with Gasteiger partial charge in [0.2, 0.25) is 0 Å². The first-order chi connectivity index (χ1) is 6.91. The van der Waals surface area contributed by atoms with Crippen molar-refractivity contribution in [3.63, 3.8) is 0 Å². The molecule has 1 aromatic rings. The summed E-state index contributed by atoms with van der Waals surface area (Å²) in [5.41, 5.74) is 0.343. The van der Waals surface area contributed by atoms with Gasteiger partial charge in [0.15, 0.2) is 5.75 Å². The lowest BCUT2D eigenvalue weighted by molar-refractivity contribution is 0.131. The van der Waals surface area contributed by atoms with Crippen LogP contribution in [0.1, 0.15) is 6.92 Å². The molecule has 0 saturated heterocycles. The van der Waals surface area contributed by atoms with Crippen LogP contribution in [0.25, 0.3) is 0 Å². The smallest absolute Gasteiger partial charge is 0.258 e. The summed E-state index contributed by atoms with van der Waals surface area (Å²) in [5.74, 6) is -0.256. The van der Waals surface area contributed by atoms with Crippen LogP contribution in [0.3, 0.4) is 0 Å². The molecule has 84 valence electrons. The minimum Gasteiger partial charge on any atom is -0.505 e. The van der Waals surface area contributed by atoms with Gasteiger partial charge >= 0.3 is 0 Å². The second-order valence-corrected chi connectivity index (χ2v) is 3.87. The summed E-state index contributed by atoms with van der Waals surface area (Å²) < 4.78 is 24.4. The number of hydrogen-bond acceptors (Lipinski definition) is 2. The van der Waals surface area contributed by atoms with Gasteiger partial charge in [0.25, 0.3) is 6.43 Å². The molecule has 0 radical (unpaired) electrons. The Morgan fingerprint density at radius 3 is 2.13 bits per heavy atom. The first-order valence-corrected chi connectivity index (χ1v) is 4.90. The van der Waals surface area contributed by atoms with E-state index in [0.717, 1.165) is 0 Å². The molecular formula is C9H9Cl2F2NO. The molecule has 0 saturated carbocycles. The number of phenolic OH excluding ortho intramolecular Hbond substituents is 1. The molecule has 1 unspecified atom stereocenters. The average molecular weight is 256 g/mol. The van der Waals surface area contributed by atoms with Crippen molar-refractivity contribution in [1.82, 2.24) is 0 Å². The van der Waals surface area contributed by atoms with Crippen molar-refractivity contribution in [2.45, 2.75) is 19.4 Å². The molecule has 0 spiro atoms. The molecule has 15 heavy (non-hydrogen) atoms. The number of halogens is 4. The number of nitrogens with one attached hydrogen (secondary N) is 1. The number of anilines is 1. The van der Waals surface area contributed by atoms with Crippen LogP contribution in [0.5, 0.6) is 5.75 Å². The monoisotopic (exact) mass is 255 g/mol. The highest BCUT2D eigenvalue weighted by molar-refractivity contribution is 6.37. The van der Waals surface area contributed by atoms with Gasteiger partial charge in [0, 0.05) is 5.69 Å². The van der Waals surface area contributed by atoms with E-state index < -0.39 is 12.5 Å². The lowest BCUT2D eigenvalue weighted by Crippen LogP contribution is -2.23. The minimum atomic E-state index is -2.49. The topological polar surface area (TPSA) is 32.3 Å². The van der Waals surface area contributed by atoms with Crippen molar-refractivity contribution in [1.29, 1.82) is 0 Å². The molecule has 0 aliphatic rings. The molecule has 0 aromatic heterocycles. The Bertz CT molecular complexity index is 337. The maximum absolute atomic E-state index is 12.2. The highest BCUT2D eigenvalue weighted by Gasteiger charge is 2.15. The number of hydrogen-bond donors (Lipinski definition) is 2. The fourth-order valence-corrected chi connectivity index (χ4v) is 1.46. The Kier molecular flexibility index (Phi) is 3.99. The number of phenols is 1. The van der Waals surface area contributed by atoms with Gasteiger partial charge in [-0.25, -0.2) is 8.78 Å². The lowest BCUT2D eigenvalue weighted by atomic mass is 10.2. The third-order valence-corrected chi connectivity index (χ3v) is 2.37. The van der Waals surface area contributed by atoms with Crippen molar-refractivity contribution in [3.05, 3.63) is 22.2 Å². The van der Waals surface area contributed by atoms with E-state index in [2.05, 4.69) is 5.32 Å². The quantitative estimate of drug-likeness (QED) is 0.807. The molecule has 1 rings (SSSR count). The average Bonchev–Trinajstić information content (AvgIpc) is 2.13. The second-order valence-electron chi connectivity index (χ2n) is 3.06. The van der Waals surface area contributed by atoms with E-state index in [1.807, 2.05) is 0 Å². The van der Waals surface area contributed by atoms with E-state index >= 15 is 0 Å². The van der Waals surface area contributed by atoms with Crippen molar-refractivity contribution in [3.8, 4) is 5.75 Å². The molecular weight excluding hydrogens is 247 g/mol. The predicted molar refractivity (Wildman–Crippen MR) is 57.2 cm³/mol. The predicted octanol–water partition coefficient (Wildman–Crippen LogP) is 3.76. The minimum absolute atomic E-state index is 0.0199. The summed E-state index contributed by atoms with van der Waals surface area (Å²) in [6.07, 6.45) is -2.49. The van der Waals surface area contributed by atoms with Crippen LogP contribution in [0.2, 0.25) is 10.0 Å². The highest BCUT2D eigenvalue weighted by Crippen LogP contribution is 2.34. The normalized spacial score (nSPS) is 12.9. The molecule has 0 heterocycles. The Morgan fingerprint density at radius 2 is 1.73 bits per heavy atom. The van der Waals surface area contributed by atoms with Crippen molar-refractivity contribution in [2.24, 2.45) is 0 Å². The first-order valence-electron chi connectivity index (χ1n) is 4.14. The van der Waals surface area contributed by atoms with E-state index in [0.29, 0.717) is 5.69 Å². The molecule has 6 heteroatoms. The second kappa shape index (κ2) is 4.86. The Labute approximate surface area is 95.8 Å². The fourth-order valence-electron chi connectivity index (χ4n) is 0.975. The molecule has 0 aliphatic heterocycles. The zero-order chi connectivity index (χ0) is 11.6. The molecule has 2 N–H and O–H groups in total. The maximum atomic E-state index is 12.2. The molecule has 2 nitrogen and oxygen atoms in total. The van der Waals surface area contributed by atoms with Gasteiger partial charge in [-0.2, -0.15) is 0 Å². The summed E-state index contributed by atoms with van der Waals surface area (Å²) >= 11 is 11.2. The largest absolute Gasteiger partial charge is 0.505 e. The van der Waals surface area contributed by atoms with Gasteiger partial charge in [-0.15, -0.1) is 0 Å². The molecule has 1 aromatic carbocycles. The van der Waals surface area contributed by atoms with Gasteiger partial charge in [0.05, 0.1) is 16.1 Å². The van der Waals surface area contributed by atoms with Crippen LogP contribution in [0.4, 0.5) is 14.5 Å². The summed E-state index contributed by atoms with van der Waals surface area (Å²) in [6.45, 7) is 1.33. The van der Waals surface area contributed by atoms with Gasteiger partial charge in [-0.05, 0) is 19.1 Å². The number of benzene rings is 1. The number of alkyl halides is 2. The van der Waals surface area contributed by atoms with E-state index in [1.165, 1.54) is 19.1 Å². The summed E-state index contributed by atoms with van der Waals surface area (Å²) in [5, 5.41) is 11.8. The van der Waals surface area contributed by atoms with E-state index in [-0.39, 0.29) is 15.8 Å². The maximum Gasteiger partial charge on any atom is 0.258 e. The zero-order valence-electron chi connectivity index (χ0n) is 7.77. The van der Waals surface area contributed by atoms with Gasteiger partial charge in [0.1, 0.15) is 0 Å². The summed E-state index contributed by atoms with van der Waals surface area (Å²) in [4.78, 5) is 0. The zero-order valence-corrected chi connectivity index (χ0v) is 9.28. The number of rotatable bonds is 3. The van der Waals surface area contributed by atoms with Crippen LogP contribution in [-0.4, -0.2) is 17.6 Å². The molecule has 0 amide bonds. The van der Waals surface area contributed by atoms with Crippen molar-refractivity contribution < 1.29 is 13.9 Å². The SMILES string of the molecule is CC(Nc1cc(Cl)c(O)c(Cl)c1)C(F)F. The van der Waals surface area contributed by atoms with Crippen LogP contribution in [-0.2, 0) is 0 Å².